The molecule has 108 valence electrons. The zero-order chi connectivity index (χ0) is 14.9. The molecule has 3 rings (SSSR count). The molecule has 0 atom stereocenters. The molecule has 4 N–H and O–H groups in total. The van der Waals surface area contributed by atoms with Crippen LogP contribution < -0.4 is 11.5 Å². The highest BCUT2D eigenvalue weighted by Crippen LogP contribution is 2.43. The van der Waals surface area contributed by atoms with E-state index in [1.54, 1.807) is 0 Å². The Kier molecular flexibility index (Phi) is 4.25. The molecule has 0 aliphatic heterocycles. The summed E-state index contributed by atoms with van der Waals surface area (Å²) >= 11 is 1.50. The Morgan fingerprint density at radius 2 is 2.10 bits per heavy atom. The molecule has 0 saturated carbocycles. The maximum Gasteiger partial charge on any atom is 0.153 e. The fourth-order valence-corrected chi connectivity index (χ4v) is 3.52. The molecule has 1 aliphatic carbocycles. The molecular weight excluding hydrogens is 272 g/mol. The minimum absolute atomic E-state index is 0.349. The fraction of sp³-hybridized carbons (Fsp3) is 0.429. The topological polar surface area (TPSA) is 86.9 Å². The molecule has 5 nitrogen and oxygen atoms in total. The van der Waals surface area contributed by atoms with Crippen LogP contribution in [-0.2, 0) is 12.8 Å². The quantitative estimate of drug-likeness (QED) is 0.831. The van der Waals surface area contributed by atoms with Gasteiger partial charge in [-0.1, -0.05) is 0 Å². The number of aryl methyl sites for hydroxylation is 1. The van der Waals surface area contributed by atoms with Gasteiger partial charge in [0.15, 0.2) is 6.29 Å². The van der Waals surface area contributed by atoms with Crippen molar-refractivity contribution in [1.29, 1.82) is 0 Å². The molecule has 0 amide bonds. The van der Waals surface area contributed by atoms with Crippen LogP contribution in [0.4, 0.5) is 5.00 Å². The van der Waals surface area contributed by atoms with Crippen molar-refractivity contribution in [1.82, 2.24) is 9.78 Å². The summed E-state index contributed by atoms with van der Waals surface area (Å²) in [6, 6.07) is 0.349. The van der Waals surface area contributed by atoms with Crippen molar-refractivity contribution in [3.8, 4) is 10.4 Å². The summed E-state index contributed by atoms with van der Waals surface area (Å²) in [5.74, 6) is 0. The molecule has 20 heavy (non-hydrogen) atoms. The first-order valence-corrected chi connectivity index (χ1v) is 7.46. The van der Waals surface area contributed by atoms with Gasteiger partial charge in [0.25, 0.3) is 0 Å². The molecule has 6 heteroatoms. The maximum atomic E-state index is 11.1. The number of fused-ring (bicyclic) bond motifs is 3. The van der Waals surface area contributed by atoms with Crippen LogP contribution in [0.2, 0.25) is 0 Å². The van der Waals surface area contributed by atoms with Crippen LogP contribution >= 0.6 is 11.3 Å². The van der Waals surface area contributed by atoms with Crippen molar-refractivity contribution >= 4 is 22.6 Å². The maximum absolute atomic E-state index is 11.1. The first kappa shape index (κ1) is 14.7. The SMILES string of the molecule is CC(C)n1cc2c(n1)CCc1c-2sc(N)c1C=O.CN. The van der Waals surface area contributed by atoms with E-state index in [1.807, 2.05) is 4.68 Å². The number of nitrogens with zero attached hydrogens (tertiary/aromatic N) is 2. The lowest BCUT2D eigenvalue weighted by Crippen LogP contribution is -2.04. The van der Waals surface area contributed by atoms with Crippen LogP contribution in [0.5, 0.6) is 0 Å². The van der Waals surface area contributed by atoms with E-state index < -0.39 is 0 Å². The molecule has 2 aromatic heterocycles. The summed E-state index contributed by atoms with van der Waals surface area (Å²) < 4.78 is 1.98. The summed E-state index contributed by atoms with van der Waals surface area (Å²) in [6.07, 6.45) is 4.70. The molecular formula is C14H20N4OS. The van der Waals surface area contributed by atoms with Crippen molar-refractivity contribution in [3.05, 3.63) is 23.0 Å². The number of anilines is 1. The number of carbonyl (C=O) groups is 1. The number of hydrogen-bond donors (Lipinski definition) is 2. The van der Waals surface area contributed by atoms with E-state index in [-0.39, 0.29) is 0 Å². The number of rotatable bonds is 2. The van der Waals surface area contributed by atoms with Crippen LogP contribution in [-0.4, -0.2) is 23.1 Å². The van der Waals surface area contributed by atoms with Crippen LogP contribution in [0, 0.1) is 0 Å². The Balaban J connectivity index is 0.000000704. The molecule has 0 fully saturated rings. The number of nitrogen functional groups attached to an aromatic ring is 1. The third-order valence-electron chi connectivity index (χ3n) is 3.39. The smallest absolute Gasteiger partial charge is 0.153 e. The van der Waals surface area contributed by atoms with Gasteiger partial charge in [-0.05, 0) is 39.3 Å². The highest BCUT2D eigenvalue weighted by molar-refractivity contribution is 7.19. The van der Waals surface area contributed by atoms with E-state index in [0.717, 1.165) is 40.8 Å². The Morgan fingerprint density at radius 3 is 2.70 bits per heavy atom. The lowest BCUT2D eigenvalue weighted by atomic mass is 9.94. The van der Waals surface area contributed by atoms with Gasteiger partial charge in [0.2, 0.25) is 0 Å². The van der Waals surface area contributed by atoms with E-state index in [2.05, 4.69) is 30.9 Å². The highest BCUT2D eigenvalue weighted by atomic mass is 32.1. The Hall–Kier alpha value is -1.66. The predicted molar refractivity (Wildman–Crippen MR) is 83.2 cm³/mol. The fourth-order valence-electron chi connectivity index (χ4n) is 2.40. The van der Waals surface area contributed by atoms with E-state index in [4.69, 9.17) is 5.73 Å². The average Bonchev–Trinajstić information content (AvgIpc) is 3.00. The van der Waals surface area contributed by atoms with Gasteiger partial charge in [-0.25, -0.2) is 0 Å². The van der Waals surface area contributed by atoms with Crippen LogP contribution in [0.15, 0.2) is 6.20 Å². The van der Waals surface area contributed by atoms with Gasteiger partial charge in [-0.2, -0.15) is 5.10 Å². The average molecular weight is 292 g/mol. The monoisotopic (exact) mass is 292 g/mol. The third-order valence-corrected chi connectivity index (χ3v) is 4.50. The highest BCUT2D eigenvalue weighted by Gasteiger charge is 2.26. The van der Waals surface area contributed by atoms with Gasteiger partial charge in [-0.3, -0.25) is 9.48 Å². The Labute approximate surface area is 122 Å². The first-order chi connectivity index (χ1) is 9.61. The van der Waals surface area contributed by atoms with Crippen LogP contribution in [0.25, 0.3) is 10.4 Å². The zero-order valence-corrected chi connectivity index (χ0v) is 12.8. The molecule has 2 heterocycles. The number of aldehydes is 1. The third kappa shape index (κ3) is 2.25. The molecule has 0 bridgehead atoms. The number of aromatic nitrogens is 2. The summed E-state index contributed by atoms with van der Waals surface area (Å²) in [5.41, 5.74) is 14.5. The molecule has 0 radical (unpaired) electrons. The van der Waals surface area contributed by atoms with Crippen LogP contribution in [0.1, 0.15) is 41.5 Å². The van der Waals surface area contributed by atoms with Crippen molar-refractivity contribution in [2.45, 2.75) is 32.7 Å². The van der Waals surface area contributed by atoms with Crippen molar-refractivity contribution in [3.63, 3.8) is 0 Å². The number of thiophene rings is 1. The van der Waals surface area contributed by atoms with E-state index in [1.165, 1.54) is 18.4 Å². The van der Waals surface area contributed by atoms with Gasteiger partial charge in [-0.15, -0.1) is 11.3 Å². The van der Waals surface area contributed by atoms with Crippen molar-refractivity contribution < 1.29 is 4.79 Å². The van der Waals surface area contributed by atoms with Gasteiger partial charge in [0.1, 0.15) is 0 Å². The summed E-state index contributed by atoms with van der Waals surface area (Å²) in [6.45, 7) is 4.22. The van der Waals surface area contributed by atoms with E-state index in [9.17, 15) is 4.79 Å². The Bertz CT molecular complexity index is 627. The van der Waals surface area contributed by atoms with Gasteiger partial charge >= 0.3 is 0 Å². The summed E-state index contributed by atoms with van der Waals surface area (Å²) in [4.78, 5) is 12.2. The van der Waals surface area contributed by atoms with Crippen LogP contribution in [0.3, 0.4) is 0 Å². The minimum Gasteiger partial charge on any atom is -0.390 e. The molecule has 0 spiro atoms. The molecule has 0 aromatic carbocycles. The normalized spacial score (nSPS) is 12.4. The van der Waals surface area contributed by atoms with Gasteiger partial charge in [0.05, 0.1) is 16.3 Å². The van der Waals surface area contributed by atoms with E-state index in [0.29, 0.717) is 16.6 Å². The number of carbonyl (C=O) groups excluding carboxylic acids is 1. The second-order valence-corrected chi connectivity index (χ2v) is 5.92. The summed E-state index contributed by atoms with van der Waals surface area (Å²) in [5, 5.41) is 5.23. The van der Waals surface area contributed by atoms with Crippen molar-refractivity contribution in [2.24, 2.45) is 5.73 Å². The second kappa shape index (κ2) is 5.76. The van der Waals surface area contributed by atoms with Crippen molar-refractivity contribution in [2.75, 3.05) is 12.8 Å². The number of nitrogens with two attached hydrogens (primary N) is 2. The summed E-state index contributed by atoms with van der Waals surface area (Å²) in [7, 11) is 1.50. The largest absolute Gasteiger partial charge is 0.390 e. The van der Waals surface area contributed by atoms with Gasteiger partial charge in [0, 0.05) is 22.7 Å². The second-order valence-electron chi connectivity index (χ2n) is 4.87. The first-order valence-electron chi connectivity index (χ1n) is 6.64. The lowest BCUT2D eigenvalue weighted by Gasteiger charge is -2.10. The lowest BCUT2D eigenvalue weighted by molar-refractivity contribution is 0.112. The minimum atomic E-state index is 0.349. The Morgan fingerprint density at radius 1 is 1.40 bits per heavy atom. The molecule has 1 aliphatic rings. The molecule has 0 saturated heterocycles. The van der Waals surface area contributed by atoms with Gasteiger partial charge < -0.3 is 11.5 Å². The standard InChI is InChI=1S/C13H15N3OS.CH5N/c1-7(2)16-5-9-11(15-16)4-3-8-10(6-17)13(14)18-12(8)9;1-2/h5-7H,3-4,14H2,1-2H3;2H2,1H3. The van der Waals surface area contributed by atoms with E-state index >= 15 is 0 Å². The number of hydrogen-bond acceptors (Lipinski definition) is 5. The predicted octanol–water partition coefficient (Wildman–Crippen LogP) is 2.26. The molecule has 2 aromatic rings. The molecule has 0 unspecified atom stereocenters. The zero-order valence-electron chi connectivity index (χ0n) is 12.0.